The lowest BCUT2D eigenvalue weighted by Gasteiger charge is -2.09. The van der Waals surface area contributed by atoms with Gasteiger partial charge in [0.2, 0.25) is 0 Å². The Kier molecular flexibility index (Phi) is 5.40. The molecule has 1 amide bonds. The zero-order valence-corrected chi connectivity index (χ0v) is 15.0. The number of rotatable bonds is 6. The van der Waals surface area contributed by atoms with Crippen LogP contribution in [-0.2, 0) is 13.2 Å². The largest absolute Gasteiger partial charge is 0.486 e. The minimum atomic E-state index is -0.196. The maximum atomic E-state index is 12.2. The van der Waals surface area contributed by atoms with Crippen molar-refractivity contribution in [2.75, 3.05) is 0 Å². The second-order valence-corrected chi connectivity index (χ2v) is 6.60. The summed E-state index contributed by atoms with van der Waals surface area (Å²) < 4.78 is 5.83. The summed E-state index contributed by atoms with van der Waals surface area (Å²) in [7, 11) is 0. The van der Waals surface area contributed by atoms with E-state index in [4.69, 9.17) is 4.74 Å². The molecule has 0 saturated carbocycles. The van der Waals surface area contributed by atoms with Gasteiger partial charge in [0.15, 0.2) is 0 Å². The molecule has 0 radical (unpaired) electrons. The summed E-state index contributed by atoms with van der Waals surface area (Å²) in [4.78, 5) is 20.6. The molecule has 5 nitrogen and oxygen atoms in total. The first-order valence-electron chi connectivity index (χ1n) is 7.94. The van der Waals surface area contributed by atoms with Crippen molar-refractivity contribution in [3.63, 3.8) is 0 Å². The van der Waals surface area contributed by atoms with Crippen LogP contribution in [0.3, 0.4) is 0 Å². The van der Waals surface area contributed by atoms with Crippen LogP contribution in [0.2, 0.25) is 0 Å². The highest BCUT2D eigenvalue weighted by Gasteiger charge is 2.11. The van der Waals surface area contributed by atoms with E-state index in [2.05, 4.69) is 28.3 Å². The second kappa shape index (κ2) is 7.90. The van der Waals surface area contributed by atoms with Crippen molar-refractivity contribution in [2.24, 2.45) is 0 Å². The number of nitrogens with zero attached hydrogens (tertiary/aromatic N) is 2. The maximum absolute atomic E-state index is 12.2. The first-order valence-corrected chi connectivity index (χ1v) is 8.82. The predicted molar refractivity (Wildman–Crippen MR) is 97.8 cm³/mol. The summed E-state index contributed by atoms with van der Waals surface area (Å²) in [5.74, 6) is 0.649. The number of hydrogen-bond donors (Lipinski definition) is 1. The van der Waals surface area contributed by atoms with Crippen LogP contribution in [0.25, 0.3) is 0 Å². The molecule has 0 aliphatic carbocycles. The standard InChI is InChI=1S/C19H19N3O2S/c1-13-5-3-7-17(14(13)2)24-11-18-22-16(12-25-18)19(23)21-10-15-6-4-8-20-9-15/h3-9,12H,10-11H2,1-2H3,(H,21,23). The quantitative estimate of drug-likeness (QED) is 0.734. The van der Waals surface area contributed by atoms with E-state index in [1.807, 2.05) is 31.2 Å². The van der Waals surface area contributed by atoms with Gasteiger partial charge in [0.25, 0.3) is 5.91 Å². The highest BCUT2D eigenvalue weighted by Crippen LogP contribution is 2.22. The zero-order chi connectivity index (χ0) is 17.6. The topological polar surface area (TPSA) is 64.1 Å². The molecule has 0 atom stereocenters. The van der Waals surface area contributed by atoms with Crippen molar-refractivity contribution in [2.45, 2.75) is 27.0 Å². The van der Waals surface area contributed by atoms with Gasteiger partial charge in [-0.05, 0) is 42.7 Å². The Hall–Kier alpha value is -2.73. The van der Waals surface area contributed by atoms with Crippen molar-refractivity contribution < 1.29 is 9.53 Å². The fraction of sp³-hybridized carbons (Fsp3) is 0.211. The van der Waals surface area contributed by atoms with Gasteiger partial charge in [-0.2, -0.15) is 0 Å². The van der Waals surface area contributed by atoms with E-state index in [1.54, 1.807) is 17.8 Å². The van der Waals surface area contributed by atoms with Crippen LogP contribution in [0.1, 0.15) is 32.2 Å². The number of amides is 1. The van der Waals surface area contributed by atoms with E-state index < -0.39 is 0 Å². The van der Waals surface area contributed by atoms with Crippen molar-refractivity contribution in [1.29, 1.82) is 0 Å². The molecule has 0 unspecified atom stereocenters. The molecule has 25 heavy (non-hydrogen) atoms. The molecule has 0 fully saturated rings. The summed E-state index contributed by atoms with van der Waals surface area (Å²) in [6.07, 6.45) is 3.43. The Morgan fingerprint density at radius 1 is 1.24 bits per heavy atom. The van der Waals surface area contributed by atoms with Gasteiger partial charge in [-0.1, -0.05) is 18.2 Å². The third kappa shape index (κ3) is 4.42. The average Bonchev–Trinajstić information content (AvgIpc) is 3.11. The Labute approximate surface area is 150 Å². The van der Waals surface area contributed by atoms with Gasteiger partial charge in [0, 0.05) is 24.3 Å². The first kappa shape index (κ1) is 17.1. The molecule has 6 heteroatoms. The summed E-state index contributed by atoms with van der Waals surface area (Å²) >= 11 is 1.42. The maximum Gasteiger partial charge on any atom is 0.271 e. The molecule has 1 aromatic carbocycles. The van der Waals surface area contributed by atoms with E-state index in [0.29, 0.717) is 18.8 Å². The monoisotopic (exact) mass is 353 g/mol. The van der Waals surface area contributed by atoms with E-state index in [1.165, 1.54) is 16.9 Å². The Balaban J connectivity index is 1.56. The molecule has 2 aromatic heterocycles. The molecule has 0 aliphatic heterocycles. The molecule has 0 aliphatic rings. The Morgan fingerprint density at radius 2 is 2.12 bits per heavy atom. The number of ether oxygens (including phenoxy) is 1. The summed E-state index contributed by atoms with van der Waals surface area (Å²) in [5.41, 5.74) is 3.67. The van der Waals surface area contributed by atoms with Gasteiger partial charge in [0.1, 0.15) is 23.1 Å². The lowest BCUT2D eigenvalue weighted by Crippen LogP contribution is -2.23. The highest BCUT2D eigenvalue weighted by atomic mass is 32.1. The fourth-order valence-electron chi connectivity index (χ4n) is 2.28. The SMILES string of the molecule is Cc1cccc(OCc2nc(C(=O)NCc3cccnc3)cs2)c1C. The van der Waals surface area contributed by atoms with Crippen LogP contribution >= 0.6 is 11.3 Å². The number of pyridine rings is 1. The number of benzene rings is 1. The molecular formula is C19H19N3O2S. The highest BCUT2D eigenvalue weighted by molar-refractivity contribution is 7.09. The predicted octanol–water partition coefficient (Wildman–Crippen LogP) is 3.66. The van der Waals surface area contributed by atoms with Crippen LogP contribution in [0, 0.1) is 13.8 Å². The summed E-state index contributed by atoms with van der Waals surface area (Å²) in [6, 6.07) is 9.72. The van der Waals surface area contributed by atoms with Crippen LogP contribution in [0.15, 0.2) is 48.1 Å². The second-order valence-electron chi connectivity index (χ2n) is 5.66. The number of hydrogen-bond acceptors (Lipinski definition) is 5. The van der Waals surface area contributed by atoms with Crippen LogP contribution in [0.4, 0.5) is 0 Å². The van der Waals surface area contributed by atoms with Gasteiger partial charge in [-0.25, -0.2) is 4.98 Å². The van der Waals surface area contributed by atoms with E-state index in [-0.39, 0.29) is 5.91 Å². The van der Waals surface area contributed by atoms with E-state index in [9.17, 15) is 4.79 Å². The van der Waals surface area contributed by atoms with Crippen LogP contribution in [-0.4, -0.2) is 15.9 Å². The minimum absolute atomic E-state index is 0.196. The Bertz CT molecular complexity index is 862. The fourth-order valence-corrected chi connectivity index (χ4v) is 2.96. The number of thiazole rings is 1. The molecule has 0 bridgehead atoms. The smallest absolute Gasteiger partial charge is 0.271 e. The third-order valence-electron chi connectivity index (χ3n) is 3.87. The summed E-state index contributed by atoms with van der Waals surface area (Å²) in [5, 5.41) is 5.36. The molecule has 0 spiro atoms. The number of aromatic nitrogens is 2. The number of carbonyl (C=O) groups is 1. The first-order chi connectivity index (χ1) is 12.1. The van der Waals surface area contributed by atoms with Gasteiger partial charge < -0.3 is 10.1 Å². The Morgan fingerprint density at radius 3 is 2.92 bits per heavy atom. The van der Waals surface area contributed by atoms with E-state index in [0.717, 1.165) is 21.9 Å². The van der Waals surface area contributed by atoms with Crippen LogP contribution in [0.5, 0.6) is 5.75 Å². The van der Waals surface area contributed by atoms with Crippen LogP contribution < -0.4 is 10.1 Å². The van der Waals surface area contributed by atoms with Crippen molar-refractivity contribution in [3.8, 4) is 5.75 Å². The van der Waals surface area contributed by atoms with E-state index >= 15 is 0 Å². The minimum Gasteiger partial charge on any atom is -0.486 e. The molecule has 3 rings (SSSR count). The molecule has 1 N–H and O–H groups in total. The number of carbonyl (C=O) groups excluding carboxylic acids is 1. The van der Waals surface area contributed by atoms with Crippen molar-refractivity contribution in [1.82, 2.24) is 15.3 Å². The van der Waals surface area contributed by atoms with Gasteiger partial charge in [0.05, 0.1) is 0 Å². The molecule has 2 heterocycles. The molecule has 0 saturated heterocycles. The zero-order valence-electron chi connectivity index (χ0n) is 14.2. The van der Waals surface area contributed by atoms with Gasteiger partial charge in [-0.3, -0.25) is 9.78 Å². The number of aryl methyl sites for hydroxylation is 1. The van der Waals surface area contributed by atoms with Gasteiger partial charge in [-0.15, -0.1) is 11.3 Å². The third-order valence-corrected chi connectivity index (χ3v) is 4.69. The van der Waals surface area contributed by atoms with Gasteiger partial charge >= 0.3 is 0 Å². The molecular weight excluding hydrogens is 334 g/mol. The average molecular weight is 353 g/mol. The molecule has 3 aromatic rings. The lowest BCUT2D eigenvalue weighted by molar-refractivity contribution is 0.0946. The normalized spacial score (nSPS) is 10.5. The van der Waals surface area contributed by atoms with Crippen molar-refractivity contribution >= 4 is 17.2 Å². The summed E-state index contributed by atoms with van der Waals surface area (Å²) in [6.45, 7) is 4.86. The van der Waals surface area contributed by atoms with Crippen molar-refractivity contribution in [3.05, 3.63) is 75.5 Å². The lowest BCUT2D eigenvalue weighted by atomic mass is 10.1. The number of nitrogens with one attached hydrogen (secondary N) is 1. The molecule has 128 valence electrons.